The number of rotatable bonds is 5. The van der Waals surface area contributed by atoms with Crippen LogP contribution in [0.25, 0.3) is 0 Å². The number of nitrogens with one attached hydrogen (secondary N) is 1. The normalized spacial score (nSPS) is 20.1. The smallest absolute Gasteiger partial charge is 0.394 e. The first kappa shape index (κ1) is 19.8. The van der Waals surface area contributed by atoms with Crippen LogP contribution in [-0.2, 0) is 11.2 Å². The van der Waals surface area contributed by atoms with Gasteiger partial charge < -0.3 is 20.1 Å². The number of benzene rings is 1. The van der Waals surface area contributed by atoms with Crippen molar-refractivity contribution < 1.29 is 37.0 Å². The summed E-state index contributed by atoms with van der Waals surface area (Å²) in [5, 5.41) is 11.4. The van der Waals surface area contributed by atoms with E-state index >= 15 is 0 Å². The SMILES string of the molecule is COc1ccc(CCNC(=O)N2C[C@@H](C(F)(F)F)[C@H](C(=O)O)C2)cc1F. The van der Waals surface area contributed by atoms with Crippen molar-refractivity contribution in [2.75, 3.05) is 26.7 Å². The Kier molecular flexibility index (Phi) is 5.94. The van der Waals surface area contributed by atoms with Gasteiger partial charge in [0.15, 0.2) is 11.6 Å². The molecule has 0 bridgehead atoms. The Bertz CT molecular complexity index is 681. The van der Waals surface area contributed by atoms with Crippen molar-refractivity contribution in [2.24, 2.45) is 11.8 Å². The molecule has 144 valence electrons. The van der Waals surface area contributed by atoms with Crippen molar-refractivity contribution in [1.29, 1.82) is 0 Å². The van der Waals surface area contributed by atoms with E-state index in [1.54, 1.807) is 6.07 Å². The summed E-state index contributed by atoms with van der Waals surface area (Å²) in [6.45, 7) is -1.15. The number of carboxylic acids is 1. The zero-order chi connectivity index (χ0) is 19.5. The number of urea groups is 1. The minimum absolute atomic E-state index is 0.0650. The summed E-state index contributed by atoms with van der Waals surface area (Å²) in [6.07, 6.45) is -4.44. The third kappa shape index (κ3) is 4.55. The largest absolute Gasteiger partial charge is 0.494 e. The average Bonchev–Trinajstić information content (AvgIpc) is 3.01. The molecule has 2 N–H and O–H groups in total. The van der Waals surface area contributed by atoms with Crippen molar-refractivity contribution in [3.63, 3.8) is 0 Å². The Balaban J connectivity index is 1.90. The number of ether oxygens (including phenoxy) is 1. The minimum atomic E-state index is -4.70. The highest BCUT2D eigenvalue weighted by atomic mass is 19.4. The van der Waals surface area contributed by atoms with E-state index in [2.05, 4.69) is 5.32 Å². The first-order valence-corrected chi connectivity index (χ1v) is 7.78. The first-order valence-electron chi connectivity index (χ1n) is 7.78. The van der Waals surface area contributed by atoms with Crippen LogP contribution in [0.1, 0.15) is 5.56 Å². The molecule has 0 aromatic heterocycles. The molecule has 0 unspecified atom stereocenters. The Morgan fingerprint density at radius 3 is 2.54 bits per heavy atom. The lowest BCUT2D eigenvalue weighted by Crippen LogP contribution is -2.40. The van der Waals surface area contributed by atoms with E-state index in [0.717, 1.165) is 4.90 Å². The number of carboxylic acid groups (broad SMARTS) is 1. The minimum Gasteiger partial charge on any atom is -0.494 e. The molecule has 1 heterocycles. The molecule has 2 amide bonds. The van der Waals surface area contributed by atoms with Crippen LogP contribution in [0.3, 0.4) is 0 Å². The lowest BCUT2D eigenvalue weighted by molar-refractivity contribution is -0.187. The average molecular weight is 378 g/mol. The lowest BCUT2D eigenvalue weighted by atomic mass is 9.96. The summed E-state index contributed by atoms with van der Waals surface area (Å²) in [6, 6.07) is 3.49. The molecule has 1 aromatic rings. The fraction of sp³-hybridized carbons (Fsp3) is 0.500. The molecule has 1 fully saturated rings. The highest BCUT2D eigenvalue weighted by Crippen LogP contribution is 2.37. The monoisotopic (exact) mass is 378 g/mol. The van der Waals surface area contributed by atoms with E-state index in [-0.39, 0.29) is 18.7 Å². The third-order valence-corrected chi connectivity index (χ3v) is 4.25. The van der Waals surface area contributed by atoms with Gasteiger partial charge in [-0.3, -0.25) is 4.79 Å². The van der Waals surface area contributed by atoms with Gasteiger partial charge in [-0.15, -0.1) is 0 Å². The number of amides is 2. The second-order valence-electron chi connectivity index (χ2n) is 5.95. The number of nitrogens with zero attached hydrogens (tertiary/aromatic N) is 1. The number of hydrogen-bond donors (Lipinski definition) is 2. The zero-order valence-electron chi connectivity index (χ0n) is 13.8. The third-order valence-electron chi connectivity index (χ3n) is 4.25. The molecule has 1 aliphatic rings. The van der Waals surface area contributed by atoms with Crippen LogP contribution in [0, 0.1) is 17.7 Å². The molecular formula is C16H18F4N2O4. The van der Waals surface area contributed by atoms with E-state index in [1.165, 1.54) is 19.2 Å². The molecule has 2 rings (SSSR count). The molecule has 1 saturated heterocycles. The number of methoxy groups -OCH3 is 1. The van der Waals surface area contributed by atoms with E-state index in [0.29, 0.717) is 5.56 Å². The zero-order valence-corrected chi connectivity index (χ0v) is 13.8. The Hall–Kier alpha value is -2.52. The number of hydrogen-bond acceptors (Lipinski definition) is 3. The molecule has 0 saturated carbocycles. The van der Waals surface area contributed by atoms with Crippen molar-refractivity contribution in [2.45, 2.75) is 12.6 Å². The molecule has 26 heavy (non-hydrogen) atoms. The number of carbonyl (C=O) groups excluding carboxylic acids is 1. The van der Waals surface area contributed by atoms with Crippen molar-refractivity contribution in [3.05, 3.63) is 29.6 Å². The maximum absolute atomic E-state index is 13.6. The summed E-state index contributed by atoms with van der Waals surface area (Å²) in [4.78, 5) is 23.8. The molecule has 6 nitrogen and oxygen atoms in total. The molecule has 10 heteroatoms. The number of likely N-dealkylation sites (tertiary alicyclic amines) is 1. The quantitative estimate of drug-likeness (QED) is 0.771. The number of aliphatic carboxylic acids is 1. The van der Waals surface area contributed by atoms with Gasteiger partial charge in [0.1, 0.15) is 0 Å². The summed E-state index contributed by atoms with van der Waals surface area (Å²) in [7, 11) is 1.33. The van der Waals surface area contributed by atoms with Crippen LogP contribution in [0.5, 0.6) is 5.75 Å². The van der Waals surface area contributed by atoms with Crippen LogP contribution in [0.4, 0.5) is 22.4 Å². The van der Waals surface area contributed by atoms with E-state index < -0.39 is 48.9 Å². The Morgan fingerprint density at radius 1 is 1.35 bits per heavy atom. The molecule has 1 aromatic carbocycles. The molecular weight excluding hydrogens is 360 g/mol. The second kappa shape index (κ2) is 7.79. The van der Waals surface area contributed by atoms with Gasteiger partial charge in [-0.2, -0.15) is 13.2 Å². The molecule has 0 radical (unpaired) electrons. The highest BCUT2D eigenvalue weighted by Gasteiger charge is 2.53. The van der Waals surface area contributed by atoms with Gasteiger partial charge >= 0.3 is 18.2 Å². The van der Waals surface area contributed by atoms with Crippen LogP contribution < -0.4 is 10.1 Å². The molecule has 1 aliphatic heterocycles. The standard InChI is InChI=1S/C16H18F4N2O4/c1-26-13-3-2-9(6-12(13)17)4-5-21-15(25)22-7-10(14(23)24)11(8-22)16(18,19)20/h2-3,6,10-11H,4-5,7-8H2,1H3,(H,21,25)(H,23,24)/t10-,11-/m1/s1. The van der Waals surface area contributed by atoms with Crippen molar-refractivity contribution in [1.82, 2.24) is 10.2 Å². The first-order chi connectivity index (χ1) is 12.1. The predicted octanol–water partition coefficient (Wildman–Crippen LogP) is 2.28. The second-order valence-corrected chi connectivity index (χ2v) is 5.95. The lowest BCUT2D eigenvalue weighted by Gasteiger charge is -2.18. The van der Waals surface area contributed by atoms with E-state index in [9.17, 15) is 27.2 Å². The number of carbonyl (C=O) groups is 2. The summed E-state index contributed by atoms with van der Waals surface area (Å²) in [5.74, 6) is -5.85. The molecule has 0 spiro atoms. The van der Waals surface area contributed by atoms with Crippen LogP contribution in [0.2, 0.25) is 0 Å². The van der Waals surface area contributed by atoms with Gasteiger partial charge in [0.05, 0.1) is 18.9 Å². The highest BCUT2D eigenvalue weighted by molar-refractivity contribution is 5.77. The van der Waals surface area contributed by atoms with Gasteiger partial charge in [0, 0.05) is 19.6 Å². The van der Waals surface area contributed by atoms with Crippen LogP contribution in [0.15, 0.2) is 18.2 Å². The van der Waals surface area contributed by atoms with Crippen molar-refractivity contribution >= 4 is 12.0 Å². The summed E-state index contributed by atoms with van der Waals surface area (Å²) in [5.41, 5.74) is 0.571. The van der Waals surface area contributed by atoms with Gasteiger partial charge in [-0.05, 0) is 24.1 Å². The molecule has 2 atom stereocenters. The Morgan fingerprint density at radius 2 is 2.04 bits per heavy atom. The summed E-state index contributed by atoms with van der Waals surface area (Å²) >= 11 is 0. The van der Waals surface area contributed by atoms with E-state index in [1.807, 2.05) is 0 Å². The maximum atomic E-state index is 13.6. The fourth-order valence-electron chi connectivity index (χ4n) is 2.84. The molecule has 0 aliphatic carbocycles. The van der Waals surface area contributed by atoms with Crippen LogP contribution >= 0.6 is 0 Å². The van der Waals surface area contributed by atoms with Gasteiger partial charge in [-0.25, -0.2) is 9.18 Å². The number of halogens is 4. The van der Waals surface area contributed by atoms with Gasteiger partial charge in [-0.1, -0.05) is 6.07 Å². The van der Waals surface area contributed by atoms with Gasteiger partial charge in [0.2, 0.25) is 0 Å². The van der Waals surface area contributed by atoms with Gasteiger partial charge in [0.25, 0.3) is 0 Å². The van der Waals surface area contributed by atoms with Crippen molar-refractivity contribution in [3.8, 4) is 5.75 Å². The Labute approximate surface area is 146 Å². The van der Waals surface area contributed by atoms with E-state index in [4.69, 9.17) is 9.84 Å². The predicted molar refractivity (Wildman–Crippen MR) is 82.3 cm³/mol. The fourth-order valence-corrected chi connectivity index (χ4v) is 2.84. The maximum Gasteiger partial charge on any atom is 0.394 e. The topological polar surface area (TPSA) is 78.9 Å². The number of alkyl halides is 3. The summed E-state index contributed by atoms with van der Waals surface area (Å²) < 4.78 is 57.1. The van der Waals surface area contributed by atoms with Crippen LogP contribution in [-0.4, -0.2) is 54.9 Å².